The first-order valence-electron chi connectivity index (χ1n) is 8.11. The van der Waals surface area contributed by atoms with Crippen molar-refractivity contribution in [2.75, 3.05) is 13.2 Å². The van der Waals surface area contributed by atoms with Crippen LogP contribution in [0.15, 0.2) is 24.3 Å². The molecule has 2 rings (SSSR count). The summed E-state index contributed by atoms with van der Waals surface area (Å²) < 4.78 is 11.7. The van der Waals surface area contributed by atoms with Crippen LogP contribution in [0.3, 0.4) is 0 Å². The third-order valence-corrected chi connectivity index (χ3v) is 4.42. The second-order valence-electron chi connectivity index (χ2n) is 6.77. The second-order valence-corrected chi connectivity index (χ2v) is 6.77. The van der Waals surface area contributed by atoms with Crippen LogP contribution in [0, 0.1) is 5.41 Å². The molecule has 0 amide bonds. The van der Waals surface area contributed by atoms with Crippen LogP contribution >= 0.6 is 0 Å². The van der Waals surface area contributed by atoms with Crippen LogP contribution in [-0.2, 0) is 4.74 Å². The van der Waals surface area contributed by atoms with E-state index >= 15 is 0 Å². The van der Waals surface area contributed by atoms with E-state index in [0.717, 1.165) is 24.2 Å². The number of rotatable bonds is 6. The quantitative estimate of drug-likeness (QED) is 0.859. The first-order chi connectivity index (χ1) is 10.0. The predicted molar refractivity (Wildman–Crippen MR) is 86.5 cm³/mol. The van der Waals surface area contributed by atoms with Crippen molar-refractivity contribution in [2.24, 2.45) is 11.1 Å². The highest BCUT2D eigenvalue weighted by atomic mass is 16.5. The van der Waals surface area contributed by atoms with Gasteiger partial charge in [0.05, 0.1) is 25.4 Å². The van der Waals surface area contributed by atoms with Crippen LogP contribution in [-0.4, -0.2) is 19.3 Å². The highest BCUT2D eigenvalue weighted by Crippen LogP contribution is 2.36. The highest BCUT2D eigenvalue weighted by molar-refractivity contribution is 5.35. The SMILES string of the molecule is CCOc1ccccc1C(N)COC1CCC(C)(C)CC1. The fourth-order valence-corrected chi connectivity index (χ4v) is 2.94. The maximum atomic E-state index is 6.29. The summed E-state index contributed by atoms with van der Waals surface area (Å²) in [7, 11) is 0. The molecule has 0 aliphatic heterocycles. The Morgan fingerprint density at radius 2 is 1.90 bits per heavy atom. The molecule has 1 aromatic carbocycles. The summed E-state index contributed by atoms with van der Waals surface area (Å²) in [6, 6.07) is 7.86. The van der Waals surface area contributed by atoms with Gasteiger partial charge in [-0.05, 0) is 44.1 Å². The second kappa shape index (κ2) is 7.28. The Hall–Kier alpha value is -1.06. The molecule has 3 heteroatoms. The Morgan fingerprint density at radius 3 is 2.57 bits per heavy atom. The summed E-state index contributed by atoms with van der Waals surface area (Å²) in [5.41, 5.74) is 7.80. The number of hydrogen-bond donors (Lipinski definition) is 1. The molecule has 3 nitrogen and oxygen atoms in total. The van der Waals surface area contributed by atoms with Crippen molar-refractivity contribution in [1.82, 2.24) is 0 Å². The van der Waals surface area contributed by atoms with Crippen LogP contribution in [0.5, 0.6) is 5.75 Å². The molecule has 1 aromatic rings. The normalized spacial score (nSPS) is 20.2. The molecular formula is C18H29NO2. The third kappa shape index (κ3) is 4.72. The minimum Gasteiger partial charge on any atom is -0.494 e. The standard InChI is InChI=1S/C18H29NO2/c1-4-20-17-8-6-5-7-15(17)16(19)13-21-14-9-11-18(2,3)12-10-14/h5-8,14,16H,4,9-13,19H2,1-3H3. The van der Waals surface area contributed by atoms with E-state index in [-0.39, 0.29) is 6.04 Å². The van der Waals surface area contributed by atoms with Crippen molar-refractivity contribution in [3.05, 3.63) is 29.8 Å². The van der Waals surface area contributed by atoms with E-state index in [1.807, 2.05) is 31.2 Å². The van der Waals surface area contributed by atoms with Gasteiger partial charge in [0.2, 0.25) is 0 Å². The maximum Gasteiger partial charge on any atom is 0.124 e. The van der Waals surface area contributed by atoms with Gasteiger partial charge in [0.15, 0.2) is 0 Å². The van der Waals surface area contributed by atoms with Crippen molar-refractivity contribution in [2.45, 2.75) is 58.6 Å². The largest absolute Gasteiger partial charge is 0.494 e. The molecule has 0 aromatic heterocycles. The molecule has 1 unspecified atom stereocenters. The lowest BCUT2D eigenvalue weighted by Crippen LogP contribution is -2.29. The van der Waals surface area contributed by atoms with E-state index in [1.54, 1.807) is 0 Å². The number of para-hydroxylation sites is 1. The molecular weight excluding hydrogens is 262 g/mol. The lowest BCUT2D eigenvalue weighted by atomic mass is 9.76. The lowest BCUT2D eigenvalue weighted by molar-refractivity contribution is -0.00207. The molecule has 0 spiro atoms. The molecule has 0 bridgehead atoms. The Labute approximate surface area is 128 Å². The van der Waals surface area contributed by atoms with Gasteiger partial charge in [-0.15, -0.1) is 0 Å². The highest BCUT2D eigenvalue weighted by Gasteiger charge is 2.27. The fourth-order valence-electron chi connectivity index (χ4n) is 2.94. The molecule has 1 atom stereocenters. The zero-order valence-corrected chi connectivity index (χ0v) is 13.6. The lowest BCUT2D eigenvalue weighted by Gasteiger charge is -2.34. The molecule has 0 saturated heterocycles. The number of hydrogen-bond acceptors (Lipinski definition) is 3. The fraction of sp³-hybridized carbons (Fsp3) is 0.667. The van der Waals surface area contributed by atoms with Crippen LogP contribution in [0.4, 0.5) is 0 Å². The van der Waals surface area contributed by atoms with Crippen LogP contribution in [0.25, 0.3) is 0 Å². The maximum absolute atomic E-state index is 6.29. The zero-order valence-electron chi connectivity index (χ0n) is 13.6. The first-order valence-corrected chi connectivity index (χ1v) is 8.11. The molecule has 1 aliphatic carbocycles. The first kappa shape index (κ1) is 16.3. The number of benzene rings is 1. The summed E-state index contributed by atoms with van der Waals surface area (Å²) in [5.74, 6) is 0.876. The summed E-state index contributed by atoms with van der Waals surface area (Å²) in [6.45, 7) is 7.89. The average molecular weight is 291 g/mol. The molecule has 0 heterocycles. The van der Waals surface area contributed by atoms with Gasteiger partial charge >= 0.3 is 0 Å². The summed E-state index contributed by atoms with van der Waals surface area (Å²) in [6.07, 6.45) is 5.13. The van der Waals surface area contributed by atoms with Crippen LogP contribution in [0.1, 0.15) is 58.1 Å². The van der Waals surface area contributed by atoms with E-state index in [9.17, 15) is 0 Å². The van der Waals surface area contributed by atoms with Crippen LogP contribution in [0.2, 0.25) is 0 Å². The Bertz CT molecular complexity index is 435. The Balaban J connectivity index is 1.86. The van der Waals surface area contributed by atoms with Crippen LogP contribution < -0.4 is 10.5 Å². The Morgan fingerprint density at radius 1 is 1.24 bits per heavy atom. The summed E-state index contributed by atoms with van der Waals surface area (Å²) >= 11 is 0. The summed E-state index contributed by atoms with van der Waals surface area (Å²) in [4.78, 5) is 0. The van der Waals surface area contributed by atoms with E-state index in [0.29, 0.717) is 24.7 Å². The van der Waals surface area contributed by atoms with Crippen molar-refractivity contribution >= 4 is 0 Å². The molecule has 118 valence electrons. The van der Waals surface area contributed by atoms with Gasteiger partial charge in [0.1, 0.15) is 5.75 Å². The van der Waals surface area contributed by atoms with Gasteiger partial charge in [-0.2, -0.15) is 0 Å². The monoisotopic (exact) mass is 291 g/mol. The van der Waals surface area contributed by atoms with Gasteiger partial charge in [-0.25, -0.2) is 0 Å². The van der Waals surface area contributed by atoms with E-state index in [2.05, 4.69) is 13.8 Å². The third-order valence-electron chi connectivity index (χ3n) is 4.42. The van der Waals surface area contributed by atoms with Gasteiger partial charge in [0, 0.05) is 5.56 Å². The molecule has 1 aliphatic rings. The van der Waals surface area contributed by atoms with Crippen molar-refractivity contribution < 1.29 is 9.47 Å². The topological polar surface area (TPSA) is 44.5 Å². The molecule has 0 radical (unpaired) electrons. The molecule has 2 N–H and O–H groups in total. The predicted octanol–water partition coefficient (Wildman–Crippen LogP) is 4.07. The summed E-state index contributed by atoms with van der Waals surface area (Å²) in [5, 5.41) is 0. The molecule has 1 fully saturated rings. The Kier molecular flexibility index (Phi) is 5.65. The molecule has 21 heavy (non-hydrogen) atoms. The average Bonchev–Trinajstić information content (AvgIpc) is 2.47. The van der Waals surface area contributed by atoms with Gasteiger partial charge in [0.25, 0.3) is 0 Å². The number of ether oxygens (including phenoxy) is 2. The minimum absolute atomic E-state index is 0.123. The van der Waals surface area contributed by atoms with Gasteiger partial charge in [-0.3, -0.25) is 0 Å². The van der Waals surface area contributed by atoms with E-state index in [4.69, 9.17) is 15.2 Å². The number of nitrogens with two attached hydrogens (primary N) is 1. The van der Waals surface area contributed by atoms with Crippen molar-refractivity contribution in [3.63, 3.8) is 0 Å². The van der Waals surface area contributed by atoms with Crippen molar-refractivity contribution in [1.29, 1.82) is 0 Å². The molecule has 1 saturated carbocycles. The van der Waals surface area contributed by atoms with Crippen molar-refractivity contribution in [3.8, 4) is 5.75 Å². The minimum atomic E-state index is -0.123. The van der Waals surface area contributed by atoms with E-state index in [1.165, 1.54) is 12.8 Å². The zero-order chi connectivity index (χ0) is 15.3. The smallest absolute Gasteiger partial charge is 0.124 e. The van der Waals surface area contributed by atoms with E-state index < -0.39 is 0 Å². The van der Waals surface area contributed by atoms with Gasteiger partial charge in [-0.1, -0.05) is 32.0 Å². The van der Waals surface area contributed by atoms with Gasteiger partial charge < -0.3 is 15.2 Å².